The van der Waals surface area contributed by atoms with Gasteiger partial charge in [-0.3, -0.25) is 9.69 Å². The molecule has 1 saturated heterocycles. The Labute approximate surface area is 254 Å². The lowest BCUT2D eigenvalue weighted by Gasteiger charge is -2.41. The predicted molar refractivity (Wildman–Crippen MR) is 171 cm³/mol. The zero-order valence-corrected chi connectivity index (χ0v) is 25.1. The van der Waals surface area contributed by atoms with Crippen molar-refractivity contribution in [1.29, 1.82) is 0 Å². The molecule has 2 aliphatic rings. The van der Waals surface area contributed by atoms with Crippen molar-refractivity contribution in [3.05, 3.63) is 71.5 Å². The molecule has 0 spiro atoms. The van der Waals surface area contributed by atoms with Crippen LogP contribution >= 0.6 is 11.3 Å². The third kappa shape index (κ3) is 5.67. The van der Waals surface area contributed by atoms with Gasteiger partial charge in [-0.05, 0) is 62.4 Å². The summed E-state index contributed by atoms with van der Waals surface area (Å²) in [5.41, 5.74) is 8.41. The van der Waals surface area contributed by atoms with Crippen molar-refractivity contribution < 1.29 is 9.53 Å². The second-order valence-electron chi connectivity index (χ2n) is 11.5. The minimum absolute atomic E-state index is 0.170. The van der Waals surface area contributed by atoms with E-state index in [4.69, 9.17) is 15.6 Å². The fourth-order valence-corrected chi connectivity index (χ4v) is 7.36. The first-order valence-electron chi connectivity index (χ1n) is 15.0. The van der Waals surface area contributed by atoms with E-state index in [1.165, 1.54) is 17.7 Å². The Morgan fingerprint density at radius 1 is 1.00 bits per heavy atom. The van der Waals surface area contributed by atoms with Crippen LogP contribution in [0.5, 0.6) is 5.75 Å². The number of anilines is 2. The quantitative estimate of drug-likeness (QED) is 0.264. The first-order valence-corrected chi connectivity index (χ1v) is 15.8. The first-order chi connectivity index (χ1) is 21.0. The molecule has 3 aromatic heterocycles. The van der Waals surface area contributed by atoms with Gasteiger partial charge in [0.25, 0.3) is 5.91 Å². The highest BCUT2D eigenvalue weighted by Gasteiger charge is 2.30. The van der Waals surface area contributed by atoms with Crippen LogP contribution in [0.2, 0.25) is 0 Å². The number of nitrogens with two attached hydrogens (primary N) is 1. The second kappa shape index (κ2) is 11.9. The van der Waals surface area contributed by atoms with E-state index in [-0.39, 0.29) is 18.6 Å². The summed E-state index contributed by atoms with van der Waals surface area (Å²) in [6.45, 7) is 4.75. The molecule has 4 heterocycles. The molecule has 2 fully saturated rings. The summed E-state index contributed by atoms with van der Waals surface area (Å²) < 4.78 is 9.40. The SMILES string of the molecule is CN1CCN(C2CCC(n3nc(COc4ccccc4NC(=O)c4cc5ccccc5s4)c4c(N)ncnc43)CC2)CC1. The number of amides is 1. The zero-order valence-electron chi connectivity index (χ0n) is 24.3. The number of aromatic nitrogens is 4. The van der Waals surface area contributed by atoms with E-state index in [1.807, 2.05) is 59.3 Å². The fourth-order valence-electron chi connectivity index (χ4n) is 6.40. The Morgan fingerprint density at radius 2 is 1.74 bits per heavy atom. The number of likely N-dealkylation sites (N-methyl/N-ethyl adjacent to an activating group) is 1. The fraction of sp³-hybridized carbons (Fsp3) is 0.375. The van der Waals surface area contributed by atoms with Crippen LogP contribution in [-0.4, -0.2) is 74.7 Å². The van der Waals surface area contributed by atoms with Gasteiger partial charge in [-0.15, -0.1) is 11.3 Å². The predicted octanol–water partition coefficient (Wildman–Crippen LogP) is 5.19. The van der Waals surface area contributed by atoms with Crippen molar-refractivity contribution >= 4 is 49.9 Å². The Morgan fingerprint density at radius 3 is 2.56 bits per heavy atom. The summed E-state index contributed by atoms with van der Waals surface area (Å²) in [5.74, 6) is 0.784. The summed E-state index contributed by atoms with van der Waals surface area (Å²) in [7, 11) is 2.20. The highest BCUT2D eigenvalue weighted by Crippen LogP contribution is 2.35. The van der Waals surface area contributed by atoms with E-state index in [2.05, 4.69) is 32.1 Å². The van der Waals surface area contributed by atoms with Crippen molar-refractivity contribution in [2.45, 2.75) is 44.4 Å². The van der Waals surface area contributed by atoms with Crippen LogP contribution in [0.1, 0.15) is 47.1 Å². The van der Waals surface area contributed by atoms with Gasteiger partial charge in [0, 0.05) is 36.9 Å². The average Bonchev–Trinajstić information content (AvgIpc) is 3.64. The number of ether oxygens (including phenoxy) is 1. The number of hydrogen-bond donors (Lipinski definition) is 2. The number of benzene rings is 2. The number of rotatable bonds is 7. The number of nitrogen functional groups attached to an aromatic ring is 1. The van der Waals surface area contributed by atoms with E-state index >= 15 is 0 Å². The molecule has 0 unspecified atom stereocenters. The van der Waals surface area contributed by atoms with Crippen LogP contribution in [0.3, 0.4) is 0 Å². The number of carbonyl (C=O) groups excluding carboxylic acids is 1. The van der Waals surface area contributed by atoms with Gasteiger partial charge < -0.3 is 20.7 Å². The van der Waals surface area contributed by atoms with Crippen LogP contribution in [-0.2, 0) is 6.61 Å². The molecule has 0 bridgehead atoms. The number of para-hydroxylation sites is 2. The van der Waals surface area contributed by atoms with E-state index in [0.29, 0.717) is 33.9 Å². The molecule has 0 atom stereocenters. The van der Waals surface area contributed by atoms with Crippen LogP contribution in [0, 0.1) is 0 Å². The molecule has 7 rings (SSSR count). The minimum atomic E-state index is -0.170. The molecule has 10 nitrogen and oxygen atoms in total. The number of piperazine rings is 1. The van der Waals surface area contributed by atoms with Gasteiger partial charge in [0.05, 0.1) is 22.0 Å². The molecule has 2 aromatic carbocycles. The van der Waals surface area contributed by atoms with Gasteiger partial charge in [0.2, 0.25) is 0 Å². The van der Waals surface area contributed by atoms with Crippen molar-refractivity contribution in [1.82, 2.24) is 29.5 Å². The maximum absolute atomic E-state index is 13.1. The summed E-state index contributed by atoms with van der Waals surface area (Å²) in [6.07, 6.45) is 5.90. The topological polar surface area (TPSA) is 114 Å². The van der Waals surface area contributed by atoms with E-state index in [9.17, 15) is 4.79 Å². The number of nitrogens with one attached hydrogen (secondary N) is 1. The van der Waals surface area contributed by atoms with Crippen LogP contribution in [0.25, 0.3) is 21.1 Å². The summed E-state index contributed by atoms with van der Waals surface area (Å²) >= 11 is 1.47. The molecular weight excluding hydrogens is 560 g/mol. The Balaban J connectivity index is 1.07. The first kappa shape index (κ1) is 27.8. The van der Waals surface area contributed by atoms with Crippen LogP contribution in [0.15, 0.2) is 60.9 Å². The lowest BCUT2D eigenvalue weighted by Crippen LogP contribution is -2.49. The van der Waals surface area contributed by atoms with Gasteiger partial charge in [0.1, 0.15) is 30.2 Å². The third-order valence-electron chi connectivity index (χ3n) is 8.81. The lowest BCUT2D eigenvalue weighted by atomic mass is 9.90. The van der Waals surface area contributed by atoms with E-state index in [0.717, 1.165) is 73.0 Å². The Hall–Kier alpha value is -4.06. The highest BCUT2D eigenvalue weighted by atomic mass is 32.1. The van der Waals surface area contributed by atoms with Crippen molar-refractivity contribution in [2.75, 3.05) is 44.3 Å². The standard InChI is InChI=1S/C32H36N8O2S/c1-38-14-16-39(17-15-38)22-10-12-23(13-11-22)40-31-29(30(33)34-20-35-31)25(37-40)19-42-26-8-4-3-7-24(26)36-32(41)28-18-21-6-2-5-9-27(21)43-28/h2-9,18,20,22-23H,10-17,19H2,1H3,(H,36,41)(H2,33,34,35). The van der Waals surface area contributed by atoms with Crippen LogP contribution < -0.4 is 15.8 Å². The molecule has 11 heteroatoms. The molecule has 5 aromatic rings. The Kier molecular flexibility index (Phi) is 7.69. The van der Waals surface area contributed by atoms with Crippen molar-refractivity contribution in [2.24, 2.45) is 0 Å². The number of nitrogens with zero attached hydrogens (tertiary/aromatic N) is 6. The molecule has 1 aliphatic carbocycles. The molecule has 1 saturated carbocycles. The van der Waals surface area contributed by atoms with E-state index < -0.39 is 0 Å². The molecule has 222 valence electrons. The molecule has 43 heavy (non-hydrogen) atoms. The minimum Gasteiger partial charge on any atom is -0.485 e. The monoisotopic (exact) mass is 596 g/mol. The molecule has 3 N–H and O–H groups in total. The molecule has 1 aliphatic heterocycles. The number of fused-ring (bicyclic) bond motifs is 2. The maximum Gasteiger partial charge on any atom is 0.265 e. The van der Waals surface area contributed by atoms with Gasteiger partial charge in [0.15, 0.2) is 5.65 Å². The van der Waals surface area contributed by atoms with Crippen molar-refractivity contribution in [3.63, 3.8) is 0 Å². The van der Waals surface area contributed by atoms with Gasteiger partial charge in [-0.2, -0.15) is 5.10 Å². The van der Waals surface area contributed by atoms with Gasteiger partial charge in [-0.1, -0.05) is 30.3 Å². The van der Waals surface area contributed by atoms with Crippen LogP contribution in [0.4, 0.5) is 11.5 Å². The Bertz CT molecular complexity index is 1720. The normalized spacial score (nSPS) is 20.0. The number of thiophene rings is 1. The largest absolute Gasteiger partial charge is 0.485 e. The maximum atomic E-state index is 13.1. The third-order valence-corrected chi connectivity index (χ3v) is 9.92. The molecular formula is C32H36N8O2S. The molecule has 0 radical (unpaired) electrons. The van der Waals surface area contributed by atoms with E-state index in [1.54, 1.807) is 0 Å². The zero-order chi connectivity index (χ0) is 29.3. The summed E-state index contributed by atoms with van der Waals surface area (Å²) in [6, 6.07) is 18.2. The van der Waals surface area contributed by atoms with Crippen molar-refractivity contribution in [3.8, 4) is 5.75 Å². The lowest BCUT2D eigenvalue weighted by molar-refractivity contribution is 0.0814. The van der Waals surface area contributed by atoms with Gasteiger partial charge >= 0.3 is 0 Å². The molecule has 1 amide bonds. The van der Waals surface area contributed by atoms with Gasteiger partial charge in [-0.25, -0.2) is 14.6 Å². The summed E-state index contributed by atoms with van der Waals surface area (Å²) in [5, 5.41) is 9.81. The summed E-state index contributed by atoms with van der Waals surface area (Å²) in [4.78, 5) is 27.7. The smallest absolute Gasteiger partial charge is 0.265 e. The average molecular weight is 597 g/mol. The number of hydrogen-bond acceptors (Lipinski definition) is 9. The number of carbonyl (C=O) groups is 1. The highest BCUT2D eigenvalue weighted by molar-refractivity contribution is 7.20. The second-order valence-corrected chi connectivity index (χ2v) is 12.6.